The summed E-state index contributed by atoms with van der Waals surface area (Å²) < 4.78 is 34.2. The van der Waals surface area contributed by atoms with Crippen molar-refractivity contribution < 1.29 is 13.2 Å². The van der Waals surface area contributed by atoms with Gasteiger partial charge < -0.3 is 10.5 Å². The molecule has 2 rings (SSSR count). The van der Waals surface area contributed by atoms with E-state index in [0.717, 1.165) is 5.57 Å². The van der Waals surface area contributed by atoms with Gasteiger partial charge in [-0.05, 0) is 17.1 Å². The topological polar surface area (TPSA) is 93.4 Å². The van der Waals surface area contributed by atoms with Crippen LogP contribution in [0.15, 0.2) is 23.4 Å². The third-order valence-corrected chi connectivity index (χ3v) is 4.61. The van der Waals surface area contributed by atoms with Gasteiger partial charge in [-0.1, -0.05) is 33.8 Å². The average Bonchev–Trinajstić information content (AvgIpc) is 2.45. The SMILES string of the molecule is CC1C=CC2=C(CC1OCC(C)(C)C)C(N)NS(=O)(=O)N2. The van der Waals surface area contributed by atoms with Crippen LogP contribution in [0.2, 0.25) is 0 Å². The highest BCUT2D eigenvalue weighted by atomic mass is 32.2. The normalized spacial score (nSPS) is 32.3. The van der Waals surface area contributed by atoms with E-state index in [1.165, 1.54) is 0 Å². The van der Waals surface area contributed by atoms with Gasteiger partial charge in [0.25, 0.3) is 0 Å². The zero-order valence-corrected chi connectivity index (χ0v) is 13.8. The Balaban J connectivity index is 2.20. The van der Waals surface area contributed by atoms with Crippen molar-refractivity contribution in [1.82, 2.24) is 9.44 Å². The molecule has 3 atom stereocenters. The molecule has 0 bridgehead atoms. The monoisotopic (exact) mass is 315 g/mol. The van der Waals surface area contributed by atoms with Gasteiger partial charge >= 0.3 is 10.2 Å². The molecule has 1 heterocycles. The van der Waals surface area contributed by atoms with Gasteiger partial charge in [0.15, 0.2) is 0 Å². The van der Waals surface area contributed by atoms with Crippen molar-refractivity contribution in [2.75, 3.05) is 6.61 Å². The summed E-state index contributed by atoms with van der Waals surface area (Å²) in [6, 6.07) is 0. The van der Waals surface area contributed by atoms with Gasteiger partial charge in [-0.3, -0.25) is 4.72 Å². The first-order chi connectivity index (χ1) is 9.57. The molecule has 0 amide bonds. The molecule has 4 N–H and O–H groups in total. The van der Waals surface area contributed by atoms with Gasteiger partial charge in [0.2, 0.25) is 0 Å². The molecule has 0 fully saturated rings. The molecular formula is C14H25N3O3S. The van der Waals surface area contributed by atoms with Crippen molar-refractivity contribution in [3.8, 4) is 0 Å². The van der Waals surface area contributed by atoms with Crippen molar-refractivity contribution in [1.29, 1.82) is 0 Å². The first-order valence-corrected chi connectivity index (χ1v) is 8.64. The lowest BCUT2D eigenvalue weighted by molar-refractivity contribution is -0.00922. The summed E-state index contributed by atoms with van der Waals surface area (Å²) in [5.74, 6) is 0.189. The minimum Gasteiger partial charge on any atom is -0.377 e. The third kappa shape index (κ3) is 4.29. The summed E-state index contributed by atoms with van der Waals surface area (Å²) in [7, 11) is -3.56. The van der Waals surface area contributed by atoms with Crippen LogP contribution >= 0.6 is 0 Å². The molecule has 1 aliphatic heterocycles. The number of allylic oxidation sites excluding steroid dienone is 1. The number of hydrogen-bond donors (Lipinski definition) is 3. The minimum atomic E-state index is -3.56. The van der Waals surface area contributed by atoms with E-state index in [9.17, 15) is 8.42 Å². The second-order valence-corrected chi connectivity index (χ2v) is 8.42. The molecular weight excluding hydrogens is 290 g/mol. The third-order valence-electron chi connectivity index (χ3n) is 3.55. The lowest BCUT2D eigenvalue weighted by Gasteiger charge is -2.30. The average molecular weight is 315 g/mol. The van der Waals surface area contributed by atoms with Crippen molar-refractivity contribution in [2.24, 2.45) is 17.1 Å². The maximum Gasteiger partial charge on any atom is 0.300 e. The zero-order valence-electron chi connectivity index (χ0n) is 13.0. The number of rotatable bonds is 2. The van der Waals surface area contributed by atoms with Crippen LogP contribution in [0.4, 0.5) is 0 Å². The highest BCUT2D eigenvalue weighted by Crippen LogP contribution is 2.28. The number of hydrogen-bond acceptors (Lipinski definition) is 4. The van der Waals surface area contributed by atoms with Gasteiger partial charge in [0, 0.05) is 12.3 Å². The fourth-order valence-corrected chi connectivity index (χ4v) is 3.39. The van der Waals surface area contributed by atoms with Crippen LogP contribution in [0.25, 0.3) is 0 Å². The maximum atomic E-state index is 11.6. The first kappa shape index (κ1) is 16.5. The molecule has 21 heavy (non-hydrogen) atoms. The zero-order chi connectivity index (χ0) is 15.8. The molecule has 2 aliphatic rings. The summed E-state index contributed by atoms with van der Waals surface area (Å²) in [5, 5.41) is 0. The molecule has 1 aliphatic carbocycles. The smallest absolute Gasteiger partial charge is 0.300 e. The Kier molecular flexibility index (Phi) is 4.49. The molecule has 0 saturated heterocycles. The van der Waals surface area contributed by atoms with E-state index < -0.39 is 16.4 Å². The Labute approximate surface area is 127 Å². The largest absolute Gasteiger partial charge is 0.377 e. The lowest BCUT2D eigenvalue weighted by Crippen LogP contribution is -2.53. The summed E-state index contributed by atoms with van der Waals surface area (Å²) in [6.07, 6.45) is 3.65. The Morgan fingerprint density at radius 2 is 2.10 bits per heavy atom. The summed E-state index contributed by atoms with van der Waals surface area (Å²) in [6.45, 7) is 9.08. The Morgan fingerprint density at radius 1 is 1.43 bits per heavy atom. The van der Waals surface area contributed by atoms with Gasteiger partial charge in [-0.25, -0.2) is 0 Å². The molecule has 0 aromatic carbocycles. The van der Waals surface area contributed by atoms with Gasteiger partial charge in [0.1, 0.15) is 0 Å². The number of nitrogens with two attached hydrogens (primary N) is 1. The van der Waals surface area contributed by atoms with Crippen LogP contribution in [-0.4, -0.2) is 27.3 Å². The molecule has 3 unspecified atom stereocenters. The van der Waals surface area contributed by atoms with Crippen LogP contribution in [-0.2, 0) is 14.9 Å². The van der Waals surface area contributed by atoms with E-state index in [4.69, 9.17) is 10.5 Å². The van der Waals surface area contributed by atoms with Crippen LogP contribution in [0.1, 0.15) is 34.1 Å². The minimum absolute atomic E-state index is 0.0107. The molecule has 120 valence electrons. The molecule has 0 aromatic rings. The van der Waals surface area contributed by atoms with E-state index in [-0.39, 0.29) is 17.4 Å². The van der Waals surface area contributed by atoms with E-state index in [2.05, 4.69) is 37.1 Å². The van der Waals surface area contributed by atoms with Gasteiger partial charge in [-0.2, -0.15) is 13.1 Å². The fourth-order valence-electron chi connectivity index (χ4n) is 2.37. The summed E-state index contributed by atoms with van der Waals surface area (Å²) >= 11 is 0. The predicted octanol–water partition coefficient (Wildman–Crippen LogP) is 0.990. The van der Waals surface area contributed by atoms with Crippen LogP contribution < -0.4 is 15.2 Å². The van der Waals surface area contributed by atoms with Crippen LogP contribution in [0.5, 0.6) is 0 Å². The highest BCUT2D eigenvalue weighted by molar-refractivity contribution is 7.87. The first-order valence-electron chi connectivity index (χ1n) is 7.16. The van der Waals surface area contributed by atoms with Crippen molar-refractivity contribution in [2.45, 2.75) is 46.4 Å². The number of nitrogens with one attached hydrogen (secondary N) is 2. The van der Waals surface area contributed by atoms with E-state index in [1.807, 2.05) is 6.08 Å². The molecule has 0 aromatic heterocycles. The fraction of sp³-hybridized carbons (Fsp3) is 0.714. The van der Waals surface area contributed by atoms with Gasteiger partial charge in [-0.15, -0.1) is 0 Å². The second-order valence-electron chi connectivity index (χ2n) is 6.97. The molecule has 0 spiro atoms. The lowest BCUT2D eigenvalue weighted by atomic mass is 9.95. The Morgan fingerprint density at radius 3 is 2.71 bits per heavy atom. The quantitative estimate of drug-likeness (QED) is 0.708. The molecule has 0 radical (unpaired) electrons. The summed E-state index contributed by atoms with van der Waals surface area (Å²) in [4.78, 5) is 0. The second kappa shape index (κ2) is 5.72. The number of ether oxygens (including phenoxy) is 1. The van der Waals surface area contributed by atoms with E-state index >= 15 is 0 Å². The standard InChI is InChI=1S/C14H25N3O3S/c1-9-5-6-11-10(13(15)17-21(18,19)16-11)7-12(9)20-8-14(2,3)4/h5-6,9,12-13,16-17H,7-8,15H2,1-4H3. The van der Waals surface area contributed by atoms with Crippen molar-refractivity contribution >= 4 is 10.2 Å². The highest BCUT2D eigenvalue weighted by Gasteiger charge is 2.32. The van der Waals surface area contributed by atoms with Crippen molar-refractivity contribution in [3.05, 3.63) is 23.4 Å². The Hall–Kier alpha value is -0.890. The summed E-state index contributed by atoms with van der Waals surface area (Å²) in [5.41, 5.74) is 7.43. The molecule has 6 nitrogen and oxygen atoms in total. The molecule has 7 heteroatoms. The van der Waals surface area contributed by atoms with E-state index in [1.54, 1.807) is 6.08 Å². The van der Waals surface area contributed by atoms with Crippen molar-refractivity contribution in [3.63, 3.8) is 0 Å². The van der Waals surface area contributed by atoms with E-state index in [0.29, 0.717) is 18.7 Å². The maximum absolute atomic E-state index is 11.6. The van der Waals surface area contributed by atoms with Crippen LogP contribution in [0, 0.1) is 11.3 Å². The van der Waals surface area contributed by atoms with Gasteiger partial charge in [0.05, 0.1) is 24.6 Å². The molecule has 0 saturated carbocycles. The predicted molar refractivity (Wildman–Crippen MR) is 82.3 cm³/mol. The Bertz CT molecular complexity index is 561. The van der Waals surface area contributed by atoms with Crippen LogP contribution in [0.3, 0.4) is 0 Å².